The molecule has 2 aromatic carbocycles. The van der Waals surface area contributed by atoms with Crippen LogP contribution in [0, 0.1) is 10.1 Å². The fourth-order valence-electron chi connectivity index (χ4n) is 2.42. The van der Waals surface area contributed by atoms with Crippen LogP contribution in [0.4, 0.5) is 10.5 Å². The van der Waals surface area contributed by atoms with Crippen molar-refractivity contribution in [1.82, 2.24) is 5.32 Å². The first kappa shape index (κ1) is 25.1. The summed E-state index contributed by atoms with van der Waals surface area (Å²) in [7, 11) is 0. The van der Waals surface area contributed by atoms with Crippen LogP contribution in [-0.4, -0.2) is 63.8 Å². The van der Waals surface area contributed by atoms with Crippen LogP contribution in [0.5, 0.6) is 5.75 Å². The SMILES string of the molecule is O=C(NCCOCCOCCOCCOc1ccc([N+](=O)[O-])cc1)OCc1ccccc1. The van der Waals surface area contributed by atoms with Crippen LogP contribution in [0.1, 0.15) is 5.56 Å². The van der Waals surface area contributed by atoms with Crippen LogP contribution < -0.4 is 10.1 Å². The minimum atomic E-state index is -0.483. The Morgan fingerprint density at radius 2 is 1.41 bits per heavy atom. The average molecular weight is 448 g/mol. The first-order valence-corrected chi connectivity index (χ1v) is 10.2. The molecule has 174 valence electrons. The van der Waals surface area contributed by atoms with Gasteiger partial charge in [-0.3, -0.25) is 10.1 Å². The number of carbonyl (C=O) groups is 1. The zero-order valence-corrected chi connectivity index (χ0v) is 17.8. The number of rotatable bonds is 16. The number of nitro benzene ring substituents is 1. The van der Waals surface area contributed by atoms with Gasteiger partial charge < -0.3 is 29.0 Å². The summed E-state index contributed by atoms with van der Waals surface area (Å²) in [6.45, 7) is 3.32. The van der Waals surface area contributed by atoms with Gasteiger partial charge in [-0.05, 0) is 17.7 Å². The minimum absolute atomic E-state index is 0.0207. The standard InChI is InChI=1S/C22H28N2O8/c25-22(32-18-19-4-2-1-3-5-19)23-10-11-28-12-13-29-14-15-30-16-17-31-21-8-6-20(7-9-21)24(26)27/h1-9H,10-18H2,(H,23,25). The highest BCUT2D eigenvalue weighted by molar-refractivity contribution is 5.67. The van der Waals surface area contributed by atoms with Crippen LogP contribution in [-0.2, 0) is 25.6 Å². The molecule has 0 aliphatic heterocycles. The van der Waals surface area contributed by atoms with Gasteiger partial charge in [0.25, 0.3) is 5.69 Å². The second-order valence-electron chi connectivity index (χ2n) is 6.43. The molecular formula is C22H28N2O8. The van der Waals surface area contributed by atoms with Gasteiger partial charge in [-0.25, -0.2) is 4.79 Å². The first-order chi connectivity index (χ1) is 15.6. The lowest BCUT2D eigenvalue weighted by Crippen LogP contribution is -2.28. The summed E-state index contributed by atoms with van der Waals surface area (Å²) in [6.07, 6.45) is -0.483. The molecule has 2 rings (SSSR count). The Kier molecular flexibility index (Phi) is 12.2. The molecule has 0 radical (unpaired) electrons. The van der Waals surface area contributed by atoms with Crippen molar-refractivity contribution in [3.8, 4) is 5.75 Å². The van der Waals surface area contributed by atoms with Gasteiger partial charge in [0.2, 0.25) is 0 Å². The minimum Gasteiger partial charge on any atom is -0.491 e. The van der Waals surface area contributed by atoms with Crippen molar-refractivity contribution in [2.75, 3.05) is 52.8 Å². The van der Waals surface area contributed by atoms with Crippen LogP contribution in [0.2, 0.25) is 0 Å². The maximum atomic E-state index is 11.6. The summed E-state index contributed by atoms with van der Waals surface area (Å²) in [5.41, 5.74) is 0.948. The van der Waals surface area contributed by atoms with Gasteiger partial charge in [0.15, 0.2) is 0 Å². The second kappa shape index (κ2) is 15.6. The maximum Gasteiger partial charge on any atom is 0.407 e. The Labute approximate surface area is 186 Å². The zero-order chi connectivity index (χ0) is 22.9. The van der Waals surface area contributed by atoms with Gasteiger partial charge in [-0.1, -0.05) is 30.3 Å². The molecule has 0 bridgehead atoms. The number of nitro groups is 1. The van der Waals surface area contributed by atoms with Gasteiger partial charge in [0, 0.05) is 18.7 Å². The number of benzene rings is 2. The molecule has 0 saturated heterocycles. The van der Waals surface area contributed by atoms with E-state index in [-0.39, 0.29) is 12.3 Å². The third-order valence-corrected chi connectivity index (χ3v) is 4.02. The Balaban J connectivity index is 1.33. The topological polar surface area (TPSA) is 118 Å². The van der Waals surface area contributed by atoms with Crippen molar-refractivity contribution in [2.45, 2.75) is 6.61 Å². The molecule has 1 N–H and O–H groups in total. The van der Waals surface area contributed by atoms with E-state index in [0.29, 0.717) is 58.5 Å². The van der Waals surface area contributed by atoms with Crippen molar-refractivity contribution < 1.29 is 33.4 Å². The molecule has 1 amide bonds. The summed E-state index contributed by atoms with van der Waals surface area (Å²) < 4.78 is 26.7. The molecule has 32 heavy (non-hydrogen) atoms. The Hall–Kier alpha value is -3.21. The number of ether oxygens (including phenoxy) is 5. The van der Waals surface area contributed by atoms with Crippen LogP contribution in [0.25, 0.3) is 0 Å². The maximum absolute atomic E-state index is 11.6. The van der Waals surface area contributed by atoms with E-state index in [4.69, 9.17) is 23.7 Å². The fourth-order valence-corrected chi connectivity index (χ4v) is 2.42. The molecule has 0 saturated carbocycles. The number of nitrogens with one attached hydrogen (secondary N) is 1. The molecule has 0 aliphatic carbocycles. The molecule has 0 spiro atoms. The monoisotopic (exact) mass is 448 g/mol. The lowest BCUT2D eigenvalue weighted by atomic mass is 10.2. The summed E-state index contributed by atoms with van der Waals surface area (Å²) >= 11 is 0. The number of amides is 1. The molecule has 0 aromatic heterocycles. The third-order valence-electron chi connectivity index (χ3n) is 4.02. The van der Waals surface area contributed by atoms with E-state index in [2.05, 4.69) is 5.32 Å². The smallest absolute Gasteiger partial charge is 0.407 e. The normalized spacial score (nSPS) is 10.5. The highest BCUT2D eigenvalue weighted by Crippen LogP contribution is 2.17. The van der Waals surface area contributed by atoms with E-state index in [9.17, 15) is 14.9 Å². The number of hydrogen-bond acceptors (Lipinski definition) is 8. The predicted octanol–water partition coefficient (Wildman–Crippen LogP) is 2.95. The molecule has 0 heterocycles. The number of hydrogen-bond donors (Lipinski definition) is 1. The van der Waals surface area contributed by atoms with E-state index in [1.807, 2.05) is 30.3 Å². The summed E-state index contributed by atoms with van der Waals surface area (Å²) in [4.78, 5) is 21.7. The van der Waals surface area contributed by atoms with Gasteiger partial charge in [0.05, 0.1) is 44.6 Å². The Morgan fingerprint density at radius 3 is 2.03 bits per heavy atom. The molecular weight excluding hydrogens is 420 g/mol. The Morgan fingerprint density at radius 1 is 0.812 bits per heavy atom. The van der Waals surface area contributed by atoms with E-state index in [0.717, 1.165) is 5.56 Å². The van der Waals surface area contributed by atoms with Gasteiger partial charge in [0.1, 0.15) is 19.0 Å². The molecule has 0 atom stereocenters. The average Bonchev–Trinajstić information content (AvgIpc) is 2.81. The highest BCUT2D eigenvalue weighted by atomic mass is 16.6. The van der Waals surface area contributed by atoms with Crippen LogP contribution in [0.15, 0.2) is 54.6 Å². The van der Waals surface area contributed by atoms with E-state index in [1.54, 1.807) is 12.1 Å². The van der Waals surface area contributed by atoms with Crippen molar-refractivity contribution in [3.63, 3.8) is 0 Å². The number of alkyl carbamates (subject to hydrolysis) is 1. The second-order valence-corrected chi connectivity index (χ2v) is 6.43. The van der Waals surface area contributed by atoms with E-state index >= 15 is 0 Å². The van der Waals surface area contributed by atoms with Gasteiger partial charge in [-0.2, -0.15) is 0 Å². The molecule has 10 heteroatoms. The van der Waals surface area contributed by atoms with Crippen molar-refractivity contribution >= 4 is 11.8 Å². The predicted molar refractivity (Wildman–Crippen MR) is 116 cm³/mol. The fraction of sp³-hybridized carbons (Fsp3) is 0.409. The summed E-state index contributed by atoms with van der Waals surface area (Å²) in [5.74, 6) is 0.548. The summed E-state index contributed by atoms with van der Waals surface area (Å²) in [5, 5.41) is 13.2. The van der Waals surface area contributed by atoms with Gasteiger partial charge in [-0.15, -0.1) is 0 Å². The van der Waals surface area contributed by atoms with Crippen LogP contribution >= 0.6 is 0 Å². The van der Waals surface area contributed by atoms with E-state index in [1.165, 1.54) is 12.1 Å². The number of nitrogens with zero attached hydrogens (tertiary/aromatic N) is 1. The van der Waals surface area contributed by atoms with E-state index < -0.39 is 11.0 Å². The lowest BCUT2D eigenvalue weighted by molar-refractivity contribution is -0.384. The van der Waals surface area contributed by atoms with Crippen molar-refractivity contribution in [1.29, 1.82) is 0 Å². The molecule has 10 nitrogen and oxygen atoms in total. The number of non-ortho nitro benzene ring substituents is 1. The molecule has 0 aliphatic rings. The van der Waals surface area contributed by atoms with Crippen molar-refractivity contribution in [2.24, 2.45) is 0 Å². The van der Waals surface area contributed by atoms with Gasteiger partial charge >= 0.3 is 6.09 Å². The first-order valence-electron chi connectivity index (χ1n) is 10.2. The highest BCUT2D eigenvalue weighted by Gasteiger charge is 2.04. The zero-order valence-electron chi connectivity index (χ0n) is 17.8. The van der Waals surface area contributed by atoms with Crippen molar-refractivity contribution in [3.05, 3.63) is 70.3 Å². The molecule has 0 unspecified atom stereocenters. The Bertz CT molecular complexity index is 786. The number of carbonyl (C=O) groups excluding carboxylic acids is 1. The molecule has 2 aromatic rings. The molecule has 0 fully saturated rings. The summed E-state index contributed by atoms with van der Waals surface area (Å²) in [6, 6.07) is 15.3. The largest absolute Gasteiger partial charge is 0.491 e. The quantitative estimate of drug-likeness (QED) is 0.237. The van der Waals surface area contributed by atoms with Crippen LogP contribution in [0.3, 0.4) is 0 Å². The third kappa shape index (κ3) is 11.3. The lowest BCUT2D eigenvalue weighted by Gasteiger charge is -2.09.